The molecule has 1 aliphatic carbocycles. The molecule has 0 aromatic heterocycles. The molecule has 1 aliphatic heterocycles. The molecule has 0 aromatic rings. The molecule has 2 rings (SSSR count). The standard InChI is InChI=1S/C16H30N4O2/c1-12(15(22)18-16(2,3)4)20-9-7-19(8-10-20)11-14(21)17-13-5-6-13/h12-13H,5-11H2,1-4H3,(H,17,21)(H,18,22). The number of hydrogen-bond donors (Lipinski definition) is 2. The highest BCUT2D eigenvalue weighted by Crippen LogP contribution is 2.18. The minimum absolute atomic E-state index is 0.0763. The summed E-state index contributed by atoms with van der Waals surface area (Å²) in [7, 11) is 0. The van der Waals surface area contributed by atoms with Crippen molar-refractivity contribution in [3.8, 4) is 0 Å². The van der Waals surface area contributed by atoms with E-state index in [-0.39, 0.29) is 23.4 Å². The molecule has 2 N–H and O–H groups in total. The predicted molar refractivity (Wildman–Crippen MR) is 86.5 cm³/mol. The molecule has 6 heteroatoms. The van der Waals surface area contributed by atoms with Gasteiger partial charge in [-0.3, -0.25) is 19.4 Å². The van der Waals surface area contributed by atoms with Gasteiger partial charge in [-0.05, 0) is 40.5 Å². The minimum Gasteiger partial charge on any atom is -0.352 e. The van der Waals surface area contributed by atoms with Gasteiger partial charge in [-0.2, -0.15) is 0 Å². The summed E-state index contributed by atoms with van der Waals surface area (Å²) in [4.78, 5) is 28.4. The van der Waals surface area contributed by atoms with Crippen molar-refractivity contribution in [1.82, 2.24) is 20.4 Å². The number of rotatable bonds is 5. The van der Waals surface area contributed by atoms with Crippen LogP contribution in [0, 0.1) is 0 Å². The molecule has 1 saturated heterocycles. The summed E-state index contributed by atoms with van der Waals surface area (Å²) in [5.41, 5.74) is -0.200. The fraction of sp³-hybridized carbons (Fsp3) is 0.875. The van der Waals surface area contributed by atoms with Crippen LogP contribution in [0.5, 0.6) is 0 Å². The lowest BCUT2D eigenvalue weighted by Gasteiger charge is -2.38. The molecular formula is C16H30N4O2. The number of nitrogens with zero attached hydrogens (tertiary/aromatic N) is 2. The third kappa shape index (κ3) is 5.57. The minimum atomic E-state index is -0.200. The summed E-state index contributed by atoms with van der Waals surface area (Å²) in [6.45, 7) is 11.8. The van der Waals surface area contributed by atoms with Gasteiger partial charge in [0.1, 0.15) is 0 Å². The molecule has 0 bridgehead atoms. The zero-order chi connectivity index (χ0) is 16.3. The largest absolute Gasteiger partial charge is 0.352 e. The Morgan fingerprint density at radius 1 is 1.14 bits per heavy atom. The van der Waals surface area contributed by atoms with E-state index in [0.717, 1.165) is 39.0 Å². The summed E-state index contributed by atoms with van der Waals surface area (Å²) in [5.74, 6) is 0.210. The second kappa shape index (κ2) is 6.96. The van der Waals surface area contributed by atoms with Gasteiger partial charge in [0.05, 0.1) is 12.6 Å². The fourth-order valence-corrected chi connectivity index (χ4v) is 2.65. The van der Waals surface area contributed by atoms with Gasteiger partial charge in [-0.25, -0.2) is 0 Å². The third-order valence-electron chi connectivity index (χ3n) is 4.14. The fourth-order valence-electron chi connectivity index (χ4n) is 2.65. The summed E-state index contributed by atoms with van der Waals surface area (Å²) in [5, 5.41) is 6.05. The Labute approximate surface area is 133 Å². The molecule has 1 saturated carbocycles. The average molecular weight is 310 g/mol. The monoisotopic (exact) mass is 310 g/mol. The molecule has 0 aromatic carbocycles. The van der Waals surface area contributed by atoms with Gasteiger partial charge in [0.2, 0.25) is 11.8 Å². The quantitative estimate of drug-likeness (QED) is 0.761. The molecule has 2 fully saturated rings. The van der Waals surface area contributed by atoms with E-state index in [0.29, 0.717) is 12.6 Å². The Kier molecular flexibility index (Phi) is 5.45. The number of amides is 2. The number of nitrogens with one attached hydrogen (secondary N) is 2. The molecule has 2 aliphatic rings. The van der Waals surface area contributed by atoms with Crippen molar-refractivity contribution >= 4 is 11.8 Å². The first-order valence-electron chi connectivity index (χ1n) is 8.32. The zero-order valence-electron chi connectivity index (χ0n) is 14.3. The first-order chi connectivity index (χ1) is 10.2. The van der Waals surface area contributed by atoms with Crippen molar-refractivity contribution in [2.45, 2.75) is 58.2 Å². The van der Waals surface area contributed by atoms with E-state index in [2.05, 4.69) is 20.4 Å². The van der Waals surface area contributed by atoms with E-state index in [4.69, 9.17) is 0 Å². The van der Waals surface area contributed by atoms with Crippen molar-refractivity contribution in [1.29, 1.82) is 0 Å². The maximum absolute atomic E-state index is 12.2. The number of carbonyl (C=O) groups excluding carboxylic acids is 2. The van der Waals surface area contributed by atoms with Crippen LogP contribution in [-0.2, 0) is 9.59 Å². The maximum Gasteiger partial charge on any atom is 0.237 e. The zero-order valence-corrected chi connectivity index (χ0v) is 14.3. The molecule has 126 valence electrons. The summed E-state index contributed by atoms with van der Waals surface area (Å²) >= 11 is 0. The van der Waals surface area contributed by atoms with Gasteiger partial charge in [0.25, 0.3) is 0 Å². The smallest absolute Gasteiger partial charge is 0.237 e. The van der Waals surface area contributed by atoms with Crippen molar-refractivity contribution in [3.05, 3.63) is 0 Å². The first-order valence-corrected chi connectivity index (χ1v) is 8.32. The molecular weight excluding hydrogens is 280 g/mol. The van der Waals surface area contributed by atoms with Crippen molar-refractivity contribution in [3.63, 3.8) is 0 Å². The highest BCUT2D eigenvalue weighted by molar-refractivity contribution is 5.82. The molecule has 0 radical (unpaired) electrons. The van der Waals surface area contributed by atoms with Crippen LogP contribution in [0.3, 0.4) is 0 Å². The van der Waals surface area contributed by atoms with Crippen LogP contribution in [0.1, 0.15) is 40.5 Å². The van der Waals surface area contributed by atoms with Crippen molar-refractivity contribution in [2.24, 2.45) is 0 Å². The first kappa shape index (κ1) is 17.2. The Balaban J connectivity index is 1.71. The molecule has 22 heavy (non-hydrogen) atoms. The van der Waals surface area contributed by atoms with E-state index in [1.807, 2.05) is 27.7 Å². The van der Waals surface area contributed by atoms with Gasteiger partial charge >= 0.3 is 0 Å². The lowest BCUT2D eigenvalue weighted by Crippen LogP contribution is -2.57. The average Bonchev–Trinajstić information content (AvgIpc) is 3.20. The second-order valence-corrected chi connectivity index (χ2v) is 7.57. The molecule has 1 heterocycles. The SMILES string of the molecule is CC(C(=O)NC(C)(C)C)N1CCN(CC(=O)NC2CC2)CC1. The second-order valence-electron chi connectivity index (χ2n) is 7.57. The van der Waals surface area contributed by atoms with Crippen LogP contribution in [0.2, 0.25) is 0 Å². The van der Waals surface area contributed by atoms with Crippen LogP contribution in [0.4, 0.5) is 0 Å². The van der Waals surface area contributed by atoms with Crippen LogP contribution < -0.4 is 10.6 Å². The molecule has 1 unspecified atom stereocenters. The van der Waals surface area contributed by atoms with E-state index in [9.17, 15) is 9.59 Å². The van der Waals surface area contributed by atoms with Gasteiger partial charge < -0.3 is 10.6 Å². The van der Waals surface area contributed by atoms with Gasteiger partial charge in [-0.15, -0.1) is 0 Å². The Bertz CT molecular complexity index is 407. The van der Waals surface area contributed by atoms with Crippen LogP contribution in [-0.4, -0.2) is 72.0 Å². The number of carbonyl (C=O) groups is 2. The Morgan fingerprint density at radius 2 is 1.73 bits per heavy atom. The predicted octanol–water partition coefficient (Wildman–Crippen LogP) is 0.186. The van der Waals surface area contributed by atoms with E-state index < -0.39 is 0 Å². The number of piperazine rings is 1. The van der Waals surface area contributed by atoms with Gasteiger partial charge in [-0.1, -0.05) is 0 Å². The summed E-state index contributed by atoms with van der Waals surface area (Å²) in [6.07, 6.45) is 2.25. The van der Waals surface area contributed by atoms with Crippen molar-refractivity contribution < 1.29 is 9.59 Å². The highest BCUT2D eigenvalue weighted by atomic mass is 16.2. The van der Waals surface area contributed by atoms with Gasteiger partial charge in [0, 0.05) is 37.8 Å². The lowest BCUT2D eigenvalue weighted by molar-refractivity contribution is -0.129. The topological polar surface area (TPSA) is 64.7 Å². The number of hydrogen-bond acceptors (Lipinski definition) is 4. The molecule has 2 amide bonds. The molecule has 6 nitrogen and oxygen atoms in total. The highest BCUT2D eigenvalue weighted by Gasteiger charge is 2.29. The van der Waals surface area contributed by atoms with E-state index in [1.165, 1.54) is 0 Å². The van der Waals surface area contributed by atoms with E-state index in [1.54, 1.807) is 0 Å². The van der Waals surface area contributed by atoms with Crippen LogP contribution >= 0.6 is 0 Å². The molecule has 0 spiro atoms. The van der Waals surface area contributed by atoms with Gasteiger partial charge in [0.15, 0.2) is 0 Å². The Hall–Kier alpha value is -1.14. The Morgan fingerprint density at radius 3 is 2.23 bits per heavy atom. The lowest BCUT2D eigenvalue weighted by atomic mass is 10.1. The summed E-state index contributed by atoms with van der Waals surface area (Å²) < 4.78 is 0. The summed E-state index contributed by atoms with van der Waals surface area (Å²) in [6, 6.07) is 0.302. The third-order valence-corrected chi connectivity index (χ3v) is 4.14. The van der Waals surface area contributed by atoms with E-state index >= 15 is 0 Å². The van der Waals surface area contributed by atoms with Crippen LogP contribution in [0.25, 0.3) is 0 Å². The van der Waals surface area contributed by atoms with Crippen LogP contribution in [0.15, 0.2) is 0 Å². The molecule has 1 atom stereocenters. The van der Waals surface area contributed by atoms with Crippen molar-refractivity contribution in [2.75, 3.05) is 32.7 Å². The normalized spacial score (nSPS) is 22.2. The maximum atomic E-state index is 12.2.